The molecule has 0 aliphatic carbocycles. The number of ether oxygens (including phenoxy) is 1. The molecule has 0 saturated carbocycles. The van der Waals surface area contributed by atoms with Gasteiger partial charge in [0.15, 0.2) is 0 Å². The van der Waals surface area contributed by atoms with Crippen LogP contribution in [0.15, 0.2) is 12.8 Å². The van der Waals surface area contributed by atoms with Gasteiger partial charge in [-0.3, -0.25) is 4.90 Å². The molecule has 1 heterocycles. The number of nitrogens with zero attached hydrogens (tertiary/aromatic N) is 1. The third-order valence-corrected chi connectivity index (χ3v) is 2.28. The van der Waals surface area contributed by atoms with Gasteiger partial charge in [0, 0.05) is 12.6 Å². The van der Waals surface area contributed by atoms with Crippen molar-refractivity contribution in [3.05, 3.63) is 12.8 Å². The summed E-state index contributed by atoms with van der Waals surface area (Å²) in [5.41, 5.74) is 0. The number of likely N-dealkylation sites (tertiary alicyclic amines) is 1. The number of halogens is 1. The van der Waals surface area contributed by atoms with Crippen LogP contribution in [0.4, 0.5) is 4.39 Å². The van der Waals surface area contributed by atoms with E-state index in [4.69, 9.17) is 4.74 Å². The molecule has 1 aliphatic heterocycles. The molecule has 3 heteroatoms. The lowest BCUT2D eigenvalue weighted by molar-refractivity contribution is 0.137. The molecule has 1 aliphatic rings. The van der Waals surface area contributed by atoms with Gasteiger partial charge in [-0.05, 0) is 19.4 Å². The molecule has 0 spiro atoms. The summed E-state index contributed by atoms with van der Waals surface area (Å²) in [7, 11) is 0. The van der Waals surface area contributed by atoms with Gasteiger partial charge in [-0.15, -0.1) is 0 Å². The van der Waals surface area contributed by atoms with Crippen LogP contribution in [0.2, 0.25) is 0 Å². The first-order valence-corrected chi connectivity index (χ1v) is 4.41. The Kier molecular flexibility index (Phi) is 4.08. The summed E-state index contributed by atoms with van der Waals surface area (Å²) in [5.74, 6) is 0. The third-order valence-electron chi connectivity index (χ3n) is 2.28. The van der Waals surface area contributed by atoms with Gasteiger partial charge < -0.3 is 4.74 Å². The second-order valence-electron chi connectivity index (χ2n) is 3.02. The van der Waals surface area contributed by atoms with Crippen LogP contribution in [-0.2, 0) is 4.74 Å². The first kappa shape index (κ1) is 9.52. The van der Waals surface area contributed by atoms with Crippen LogP contribution in [0, 0.1) is 0 Å². The van der Waals surface area contributed by atoms with E-state index >= 15 is 0 Å². The molecule has 12 heavy (non-hydrogen) atoms. The van der Waals surface area contributed by atoms with Crippen LogP contribution in [0.1, 0.15) is 12.8 Å². The number of alkyl halides is 1. The van der Waals surface area contributed by atoms with Crippen molar-refractivity contribution < 1.29 is 9.13 Å². The summed E-state index contributed by atoms with van der Waals surface area (Å²) in [6, 6.07) is 0.402. The lowest BCUT2D eigenvalue weighted by Crippen LogP contribution is -2.34. The minimum Gasteiger partial charge on any atom is -0.500 e. The molecule has 0 unspecified atom stereocenters. The summed E-state index contributed by atoms with van der Waals surface area (Å²) in [5, 5.41) is 0. The van der Waals surface area contributed by atoms with Crippen molar-refractivity contribution in [3.8, 4) is 0 Å². The van der Waals surface area contributed by atoms with Crippen molar-refractivity contribution >= 4 is 0 Å². The first-order chi connectivity index (χ1) is 5.88. The standard InChI is InChI=1S/C9H16FNO/c1-2-12-8-9-4-3-6-11(9)7-5-10/h2,9H,1,3-8H2/t9-/m0/s1. The molecule has 0 aromatic carbocycles. The zero-order valence-electron chi connectivity index (χ0n) is 7.34. The number of hydrogen-bond donors (Lipinski definition) is 0. The van der Waals surface area contributed by atoms with Gasteiger partial charge in [0.2, 0.25) is 0 Å². The van der Waals surface area contributed by atoms with Crippen molar-refractivity contribution in [2.45, 2.75) is 18.9 Å². The average Bonchev–Trinajstić information content (AvgIpc) is 2.50. The molecule has 0 amide bonds. The highest BCUT2D eigenvalue weighted by Crippen LogP contribution is 2.16. The van der Waals surface area contributed by atoms with Gasteiger partial charge in [0.25, 0.3) is 0 Å². The van der Waals surface area contributed by atoms with E-state index < -0.39 is 0 Å². The maximum Gasteiger partial charge on any atom is 0.103 e. The first-order valence-electron chi connectivity index (χ1n) is 4.41. The Bertz CT molecular complexity index is 140. The topological polar surface area (TPSA) is 12.5 Å². The van der Waals surface area contributed by atoms with E-state index in [2.05, 4.69) is 11.5 Å². The van der Waals surface area contributed by atoms with Gasteiger partial charge in [-0.1, -0.05) is 6.58 Å². The minimum atomic E-state index is -0.259. The van der Waals surface area contributed by atoms with Crippen LogP contribution in [0.25, 0.3) is 0 Å². The summed E-state index contributed by atoms with van der Waals surface area (Å²) in [6.45, 7) is 5.43. The molecule has 0 aromatic heterocycles. The van der Waals surface area contributed by atoms with E-state index in [0.717, 1.165) is 19.4 Å². The summed E-state index contributed by atoms with van der Waals surface area (Å²) in [4.78, 5) is 2.14. The fraction of sp³-hybridized carbons (Fsp3) is 0.778. The molecule has 1 fully saturated rings. The lowest BCUT2D eigenvalue weighted by atomic mass is 10.2. The van der Waals surface area contributed by atoms with Crippen LogP contribution in [-0.4, -0.2) is 37.3 Å². The van der Waals surface area contributed by atoms with Gasteiger partial charge in [-0.2, -0.15) is 0 Å². The quantitative estimate of drug-likeness (QED) is 0.585. The Labute approximate surface area is 73.0 Å². The van der Waals surface area contributed by atoms with E-state index in [1.807, 2.05) is 0 Å². The zero-order valence-corrected chi connectivity index (χ0v) is 7.34. The molecule has 70 valence electrons. The van der Waals surface area contributed by atoms with Crippen molar-refractivity contribution in [1.82, 2.24) is 4.90 Å². The highest BCUT2D eigenvalue weighted by atomic mass is 19.1. The van der Waals surface area contributed by atoms with E-state index in [1.165, 1.54) is 6.26 Å². The Morgan fingerprint density at radius 2 is 2.50 bits per heavy atom. The van der Waals surface area contributed by atoms with Crippen LogP contribution in [0.3, 0.4) is 0 Å². The smallest absolute Gasteiger partial charge is 0.103 e. The van der Waals surface area contributed by atoms with E-state index in [1.54, 1.807) is 0 Å². The van der Waals surface area contributed by atoms with Crippen molar-refractivity contribution in [2.75, 3.05) is 26.4 Å². The SMILES string of the molecule is C=COC[C@@H]1CCCN1CCF. The number of hydrogen-bond acceptors (Lipinski definition) is 2. The highest BCUT2D eigenvalue weighted by molar-refractivity contribution is 4.79. The maximum atomic E-state index is 12.0. The van der Waals surface area contributed by atoms with Crippen molar-refractivity contribution in [1.29, 1.82) is 0 Å². The Hall–Kier alpha value is -0.570. The molecule has 2 nitrogen and oxygen atoms in total. The lowest BCUT2D eigenvalue weighted by Gasteiger charge is -2.22. The molecular formula is C9H16FNO. The molecular weight excluding hydrogens is 157 g/mol. The predicted octanol–water partition coefficient (Wildman–Crippen LogP) is 1.58. The fourth-order valence-corrected chi connectivity index (χ4v) is 1.67. The summed E-state index contributed by atoms with van der Waals surface area (Å²) >= 11 is 0. The average molecular weight is 173 g/mol. The van der Waals surface area contributed by atoms with Gasteiger partial charge in [0.05, 0.1) is 6.26 Å². The van der Waals surface area contributed by atoms with E-state index in [-0.39, 0.29) is 6.67 Å². The molecule has 0 radical (unpaired) electrons. The van der Waals surface area contributed by atoms with E-state index in [0.29, 0.717) is 19.2 Å². The van der Waals surface area contributed by atoms with Gasteiger partial charge >= 0.3 is 0 Å². The molecule has 0 N–H and O–H groups in total. The molecule has 1 rings (SSSR count). The van der Waals surface area contributed by atoms with Crippen LogP contribution < -0.4 is 0 Å². The second kappa shape index (κ2) is 5.14. The van der Waals surface area contributed by atoms with Crippen molar-refractivity contribution in [2.24, 2.45) is 0 Å². The predicted molar refractivity (Wildman–Crippen MR) is 46.7 cm³/mol. The Morgan fingerprint density at radius 1 is 1.67 bits per heavy atom. The number of rotatable bonds is 5. The van der Waals surface area contributed by atoms with E-state index in [9.17, 15) is 4.39 Å². The Balaban J connectivity index is 2.25. The maximum absolute atomic E-state index is 12.0. The van der Waals surface area contributed by atoms with Gasteiger partial charge in [-0.25, -0.2) is 4.39 Å². The fourth-order valence-electron chi connectivity index (χ4n) is 1.67. The highest BCUT2D eigenvalue weighted by Gasteiger charge is 2.23. The van der Waals surface area contributed by atoms with Crippen molar-refractivity contribution in [3.63, 3.8) is 0 Å². The normalized spacial score (nSPS) is 24.2. The molecule has 1 atom stereocenters. The molecule has 0 bridgehead atoms. The van der Waals surface area contributed by atoms with Crippen LogP contribution in [0.5, 0.6) is 0 Å². The largest absolute Gasteiger partial charge is 0.500 e. The summed E-state index contributed by atoms with van der Waals surface area (Å²) in [6.07, 6.45) is 3.73. The third kappa shape index (κ3) is 2.48. The van der Waals surface area contributed by atoms with Gasteiger partial charge in [0.1, 0.15) is 13.3 Å². The molecule has 0 aromatic rings. The monoisotopic (exact) mass is 173 g/mol. The zero-order chi connectivity index (χ0) is 8.81. The second-order valence-corrected chi connectivity index (χ2v) is 3.02. The Morgan fingerprint density at radius 3 is 3.17 bits per heavy atom. The molecule has 1 saturated heterocycles. The minimum absolute atomic E-state index is 0.259. The van der Waals surface area contributed by atoms with Crippen LogP contribution >= 0.6 is 0 Å². The summed E-state index contributed by atoms with van der Waals surface area (Å²) < 4.78 is 17.1.